The molecular formula is C2H4F3N. The highest BCUT2D eigenvalue weighted by Gasteiger charge is 2.06. The number of hydrogen-bond donors (Lipinski definition) is 0. The van der Waals surface area contributed by atoms with Gasteiger partial charge in [-0.15, -0.1) is 0 Å². The molecule has 38 valence electrons. The Morgan fingerprint density at radius 1 is 1.50 bits per heavy atom. The zero-order chi connectivity index (χ0) is 5.15. The van der Waals surface area contributed by atoms with Crippen molar-refractivity contribution < 1.29 is 13.4 Å². The predicted molar refractivity (Wildman–Crippen MR) is 14.6 cm³/mol. The second-order valence-electron chi connectivity index (χ2n) is 0.833. The highest BCUT2D eigenvalue weighted by molar-refractivity contribution is 4.22. The molecule has 0 bridgehead atoms. The van der Waals surface area contributed by atoms with Crippen LogP contribution in [0.1, 0.15) is 6.92 Å². The van der Waals surface area contributed by atoms with Crippen molar-refractivity contribution in [2.75, 3.05) is 0 Å². The van der Waals surface area contributed by atoms with E-state index in [9.17, 15) is 13.4 Å². The normalized spacial score (nSPS) is 15.5. The van der Waals surface area contributed by atoms with Crippen molar-refractivity contribution in [3.63, 3.8) is 0 Å². The lowest BCUT2D eigenvalue weighted by Gasteiger charge is -1.95. The van der Waals surface area contributed by atoms with Crippen LogP contribution >= 0.6 is 0 Å². The summed E-state index contributed by atoms with van der Waals surface area (Å²) >= 11 is 0. The van der Waals surface area contributed by atoms with Gasteiger partial charge in [0.15, 0.2) is 0 Å². The zero-order valence-electron chi connectivity index (χ0n) is 3.16. The molecule has 1 nitrogen and oxygen atoms in total. The monoisotopic (exact) mass is 99.0 g/mol. The molecule has 0 N–H and O–H groups in total. The molecule has 4 heteroatoms. The topological polar surface area (TPSA) is 3.24 Å². The van der Waals surface area contributed by atoms with Crippen molar-refractivity contribution in [1.29, 1.82) is 0 Å². The van der Waals surface area contributed by atoms with E-state index in [0.29, 0.717) is 0 Å². The molecular weight excluding hydrogens is 95.0 g/mol. The summed E-state index contributed by atoms with van der Waals surface area (Å²) < 4.78 is 32.2. The molecule has 0 saturated heterocycles. The Hall–Kier alpha value is -0.250. The van der Waals surface area contributed by atoms with E-state index in [-0.39, 0.29) is 0 Å². The van der Waals surface area contributed by atoms with Crippen molar-refractivity contribution in [3.05, 3.63) is 0 Å². The zero-order valence-corrected chi connectivity index (χ0v) is 3.16. The first-order valence-electron chi connectivity index (χ1n) is 1.39. The van der Waals surface area contributed by atoms with Gasteiger partial charge in [-0.05, 0) is 6.92 Å². The quantitative estimate of drug-likeness (QED) is 0.354. The molecule has 0 heterocycles. The van der Waals surface area contributed by atoms with Crippen LogP contribution < -0.4 is 0 Å². The van der Waals surface area contributed by atoms with Crippen molar-refractivity contribution >= 4 is 0 Å². The molecule has 0 spiro atoms. The fraction of sp³-hybridized carbons (Fsp3) is 1.00. The summed E-state index contributed by atoms with van der Waals surface area (Å²) in [5.74, 6) is 0. The summed E-state index contributed by atoms with van der Waals surface area (Å²) in [5, 5.41) is -1.50. The number of nitrogens with zero attached hydrogens (tertiary/aromatic N) is 1. The maximum Gasteiger partial charge on any atom is 0.209 e. The summed E-state index contributed by atoms with van der Waals surface area (Å²) in [6.45, 7) is 0.750. The van der Waals surface area contributed by atoms with Gasteiger partial charge in [0.1, 0.15) is 0 Å². The first-order chi connectivity index (χ1) is 2.64. The van der Waals surface area contributed by atoms with Crippen LogP contribution in [-0.4, -0.2) is 11.6 Å². The minimum absolute atomic E-state index is 0.750. The average Bonchev–Trinajstić information content (AvgIpc) is 1.36. The van der Waals surface area contributed by atoms with E-state index < -0.39 is 11.6 Å². The Morgan fingerprint density at radius 2 is 1.67 bits per heavy atom. The minimum atomic E-state index is -2.15. The summed E-state index contributed by atoms with van der Waals surface area (Å²) in [6, 6.07) is 0. The van der Waals surface area contributed by atoms with Gasteiger partial charge in [-0.3, -0.25) is 0 Å². The summed E-state index contributed by atoms with van der Waals surface area (Å²) in [6.07, 6.45) is -2.15. The molecule has 0 rings (SSSR count). The van der Waals surface area contributed by atoms with E-state index in [1.165, 1.54) is 0 Å². The smallest absolute Gasteiger partial charge is 0.209 e. The third-order valence-corrected chi connectivity index (χ3v) is 0.269. The van der Waals surface area contributed by atoms with Crippen LogP contribution in [0.15, 0.2) is 0 Å². The number of hydrogen-bond acceptors (Lipinski definition) is 1. The second kappa shape index (κ2) is 2.02. The van der Waals surface area contributed by atoms with E-state index in [4.69, 9.17) is 0 Å². The molecule has 0 aliphatic heterocycles. The van der Waals surface area contributed by atoms with Gasteiger partial charge >= 0.3 is 0 Å². The van der Waals surface area contributed by atoms with Crippen LogP contribution in [0.2, 0.25) is 0 Å². The van der Waals surface area contributed by atoms with Gasteiger partial charge in [-0.25, -0.2) is 4.39 Å². The van der Waals surface area contributed by atoms with Gasteiger partial charge in [0.2, 0.25) is 6.30 Å². The molecule has 0 saturated carbocycles. The molecule has 0 amide bonds. The molecule has 0 aromatic rings. The van der Waals surface area contributed by atoms with Crippen molar-refractivity contribution in [1.82, 2.24) is 5.34 Å². The first kappa shape index (κ1) is 5.75. The fourth-order valence-corrected chi connectivity index (χ4v) is 0. The molecule has 0 fully saturated rings. The van der Waals surface area contributed by atoms with Crippen LogP contribution in [0.25, 0.3) is 0 Å². The molecule has 1 unspecified atom stereocenters. The van der Waals surface area contributed by atoms with Gasteiger partial charge in [0, 0.05) is 0 Å². The van der Waals surface area contributed by atoms with Gasteiger partial charge < -0.3 is 0 Å². The Kier molecular flexibility index (Phi) is 1.94. The molecule has 6 heavy (non-hydrogen) atoms. The minimum Gasteiger partial charge on any atom is -0.225 e. The van der Waals surface area contributed by atoms with E-state index in [1.807, 2.05) is 0 Å². The lowest BCUT2D eigenvalue weighted by molar-refractivity contribution is -0.217. The van der Waals surface area contributed by atoms with Crippen LogP contribution in [-0.2, 0) is 0 Å². The average molecular weight is 99.1 g/mol. The van der Waals surface area contributed by atoms with Crippen LogP contribution in [0, 0.1) is 0 Å². The SMILES string of the molecule is CC(F)N(F)F. The van der Waals surface area contributed by atoms with Crippen molar-refractivity contribution in [2.24, 2.45) is 0 Å². The van der Waals surface area contributed by atoms with Gasteiger partial charge in [0.05, 0.1) is 5.34 Å². The van der Waals surface area contributed by atoms with Gasteiger partial charge in [-0.2, -0.15) is 0 Å². The molecule has 0 aliphatic carbocycles. The van der Waals surface area contributed by atoms with Gasteiger partial charge in [-0.1, -0.05) is 8.96 Å². The maximum absolute atomic E-state index is 11.0. The number of alkyl halides is 1. The van der Waals surface area contributed by atoms with E-state index in [2.05, 4.69) is 0 Å². The molecule has 0 aromatic heterocycles. The lowest BCUT2D eigenvalue weighted by atomic mass is 10.8. The van der Waals surface area contributed by atoms with Crippen molar-refractivity contribution in [3.8, 4) is 0 Å². The Morgan fingerprint density at radius 3 is 1.67 bits per heavy atom. The molecule has 0 aromatic carbocycles. The van der Waals surface area contributed by atoms with Crippen molar-refractivity contribution in [2.45, 2.75) is 13.2 Å². The maximum atomic E-state index is 11.0. The largest absolute Gasteiger partial charge is 0.225 e. The third-order valence-electron chi connectivity index (χ3n) is 0.269. The second-order valence-corrected chi connectivity index (χ2v) is 0.833. The van der Waals surface area contributed by atoms with E-state index in [0.717, 1.165) is 6.92 Å². The van der Waals surface area contributed by atoms with Crippen LogP contribution in [0.4, 0.5) is 13.4 Å². The van der Waals surface area contributed by atoms with Crippen LogP contribution in [0.3, 0.4) is 0 Å². The summed E-state index contributed by atoms with van der Waals surface area (Å²) in [5.41, 5.74) is 0. The van der Waals surface area contributed by atoms with E-state index in [1.54, 1.807) is 0 Å². The summed E-state index contributed by atoms with van der Waals surface area (Å²) in [4.78, 5) is 0. The van der Waals surface area contributed by atoms with Gasteiger partial charge in [0.25, 0.3) is 0 Å². The Balaban J connectivity index is 2.99. The highest BCUT2D eigenvalue weighted by atomic mass is 19.4. The van der Waals surface area contributed by atoms with E-state index >= 15 is 0 Å². The fourth-order valence-electron chi connectivity index (χ4n) is 0. The third kappa shape index (κ3) is 2.02. The number of rotatable bonds is 1. The number of halogens is 3. The Labute approximate surface area is 33.2 Å². The Bertz CT molecular complexity index is 29.8. The molecule has 0 aliphatic rings. The molecule has 0 radical (unpaired) electrons. The standard InChI is InChI=1S/C2H4F3N/c1-2(3)6(4)5/h2H,1H3. The predicted octanol–water partition coefficient (Wildman–Crippen LogP) is 1.37. The molecule has 1 atom stereocenters. The highest BCUT2D eigenvalue weighted by Crippen LogP contribution is 1.98. The van der Waals surface area contributed by atoms with Crippen LogP contribution in [0.5, 0.6) is 0 Å². The first-order valence-corrected chi connectivity index (χ1v) is 1.39. The summed E-state index contributed by atoms with van der Waals surface area (Å²) in [7, 11) is 0. The lowest BCUT2D eigenvalue weighted by Crippen LogP contribution is -2.08.